The summed E-state index contributed by atoms with van der Waals surface area (Å²) in [4.78, 5) is 9.28. The number of benzene rings is 1. The van der Waals surface area contributed by atoms with Crippen LogP contribution in [0.5, 0.6) is 5.75 Å². The third-order valence-electron chi connectivity index (χ3n) is 5.49. The molecule has 3 heterocycles. The fourth-order valence-corrected chi connectivity index (χ4v) is 3.90. The zero-order chi connectivity index (χ0) is 20.0. The van der Waals surface area contributed by atoms with E-state index in [2.05, 4.69) is 29.7 Å². The van der Waals surface area contributed by atoms with Crippen molar-refractivity contribution in [3.8, 4) is 17.0 Å². The highest BCUT2D eigenvalue weighted by molar-refractivity contribution is 5.94. The lowest BCUT2D eigenvalue weighted by Gasteiger charge is -2.35. The molecule has 1 aromatic carbocycles. The third kappa shape index (κ3) is 3.87. The number of rotatable bonds is 4. The van der Waals surface area contributed by atoms with Crippen LogP contribution in [0.3, 0.4) is 0 Å². The molecule has 152 valence electrons. The fraction of sp³-hybridized carbons (Fsp3) is 0.400. The molecule has 1 saturated heterocycles. The molecule has 1 aliphatic heterocycles. The molecule has 5 rings (SSSR count). The summed E-state index contributed by atoms with van der Waals surface area (Å²) in [6.07, 6.45) is -0.404. The standard InChI is InChI=1S/C20H20F3N5O/c21-20(22,23)29-15-3-4-17-16(12-15)19(26-25-17)13-5-6-24-18(11-13)28-9-7-27(8-10-28)14-1-2-14/h3-6,11-12,14H,1-2,7-10H2,(H,25,26). The van der Waals surface area contributed by atoms with Crippen LogP contribution >= 0.6 is 0 Å². The lowest BCUT2D eigenvalue weighted by Crippen LogP contribution is -2.47. The van der Waals surface area contributed by atoms with Crippen LogP contribution in [-0.2, 0) is 0 Å². The highest BCUT2D eigenvalue weighted by Crippen LogP contribution is 2.33. The average Bonchev–Trinajstić information content (AvgIpc) is 3.47. The van der Waals surface area contributed by atoms with Gasteiger partial charge in [-0.2, -0.15) is 5.10 Å². The van der Waals surface area contributed by atoms with E-state index in [-0.39, 0.29) is 5.75 Å². The second-order valence-corrected chi connectivity index (χ2v) is 7.48. The van der Waals surface area contributed by atoms with E-state index in [4.69, 9.17) is 0 Å². The maximum Gasteiger partial charge on any atom is 0.573 e. The van der Waals surface area contributed by atoms with Gasteiger partial charge in [0.25, 0.3) is 0 Å². The van der Waals surface area contributed by atoms with Crippen LogP contribution in [0.15, 0.2) is 36.5 Å². The fourth-order valence-electron chi connectivity index (χ4n) is 3.90. The summed E-state index contributed by atoms with van der Waals surface area (Å²) in [6.45, 7) is 3.88. The van der Waals surface area contributed by atoms with Crippen molar-refractivity contribution in [3.05, 3.63) is 36.5 Å². The van der Waals surface area contributed by atoms with Crippen LogP contribution < -0.4 is 9.64 Å². The second-order valence-electron chi connectivity index (χ2n) is 7.48. The number of nitrogens with zero attached hydrogens (tertiary/aromatic N) is 4. The van der Waals surface area contributed by atoms with Gasteiger partial charge in [0.2, 0.25) is 0 Å². The Balaban J connectivity index is 1.41. The number of fused-ring (bicyclic) bond motifs is 1. The van der Waals surface area contributed by atoms with E-state index >= 15 is 0 Å². The molecule has 2 fully saturated rings. The number of aromatic nitrogens is 3. The van der Waals surface area contributed by atoms with Gasteiger partial charge in [-0.25, -0.2) is 4.98 Å². The third-order valence-corrected chi connectivity index (χ3v) is 5.49. The van der Waals surface area contributed by atoms with Gasteiger partial charge >= 0.3 is 6.36 Å². The monoisotopic (exact) mass is 403 g/mol. The molecule has 6 nitrogen and oxygen atoms in total. The molecule has 1 aliphatic carbocycles. The second kappa shape index (κ2) is 6.91. The number of H-pyrrole nitrogens is 1. The van der Waals surface area contributed by atoms with Crippen molar-refractivity contribution in [3.63, 3.8) is 0 Å². The summed E-state index contributed by atoms with van der Waals surface area (Å²) in [5.41, 5.74) is 2.02. The van der Waals surface area contributed by atoms with E-state index in [0.717, 1.165) is 43.6 Å². The van der Waals surface area contributed by atoms with E-state index in [1.807, 2.05) is 12.1 Å². The molecule has 0 bridgehead atoms. The summed E-state index contributed by atoms with van der Waals surface area (Å²) in [5.74, 6) is 0.593. The molecule has 29 heavy (non-hydrogen) atoms. The van der Waals surface area contributed by atoms with Gasteiger partial charge in [-0.05, 0) is 43.2 Å². The number of hydrogen-bond acceptors (Lipinski definition) is 5. The lowest BCUT2D eigenvalue weighted by atomic mass is 10.1. The number of pyridine rings is 1. The van der Waals surface area contributed by atoms with Crippen molar-refractivity contribution >= 4 is 16.7 Å². The van der Waals surface area contributed by atoms with Gasteiger partial charge < -0.3 is 9.64 Å². The van der Waals surface area contributed by atoms with Crippen molar-refractivity contribution < 1.29 is 17.9 Å². The normalized spacial score (nSPS) is 18.4. The van der Waals surface area contributed by atoms with Crippen molar-refractivity contribution in [2.24, 2.45) is 0 Å². The van der Waals surface area contributed by atoms with Gasteiger partial charge in [-0.3, -0.25) is 10.00 Å². The first-order chi connectivity index (χ1) is 14.0. The van der Waals surface area contributed by atoms with Crippen molar-refractivity contribution in [2.75, 3.05) is 31.1 Å². The Morgan fingerprint density at radius 1 is 1.03 bits per heavy atom. The van der Waals surface area contributed by atoms with Crippen LogP contribution in [0.25, 0.3) is 22.2 Å². The molecule has 2 aromatic heterocycles. The number of hydrogen-bond donors (Lipinski definition) is 1. The molecule has 0 atom stereocenters. The Morgan fingerprint density at radius 2 is 1.83 bits per heavy atom. The maximum absolute atomic E-state index is 12.6. The van der Waals surface area contributed by atoms with E-state index in [1.54, 1.807) is 6.20 Å². The number of alkyl halides is 3. The van der Waals surface area contributed by atoms with Gasteiger partial charge in [-0.15, -0.1) is 13.2 Å². The number of piperazine rings is 1. The van der Waals surface area contributed by atoms with E-state index in [1.165, 1.54) is 31.0 Å². The molecule has 1 N–H and O–H groups in total. The summed E-state index contributed by atoms with van der Waals surface area (Å²) < 4.78 is 41.8. The first-order valence-corrected chi connectivity index (χ1v) is 9.65. The van der Waals surface area contributed by atoms with E-state index in [0.29, 0.717) is 16.6 Å². The number of anilines is 1. The van der Waals surface area contributed by atoms with Crippen molar-refractivity contribution in [2.45, 2.75) is 25.2 Å². The summed E-state index contributed by atoms with van der Waals surface area (Å²) in [5, 5.41) is 7.76. The van der Waals surface area contributed by atoms with Crippen LogP contribution in [0, 0.1) is 0 Å². The Morgan fingerprint density at radius 3 is 2.55 bits per heavy atom. The van der Waals surface area contributed by atoms with E-state index < -0.39 is 6.36 Å². The Kier molecular flexibility index (Phi) is 4.34. The Hall–Kier alpha value is -2.81. The van der Waals surface area contributed by atoms with Gasteiger partial charge in [0.1, 0.15) is 17.3 Å². The Bertz CT molecular complexity index is 1020. The molecule has 0 radical (unpaired) electrons. The Labute approximate surface area is 165 Å². The molecule has 3 aromatic rings. The summed E-state index contributed by atoms with van der Waals surface area (Å²) in [7, 11) is 0. The molecule has 2 aliphatic rings. The predicted molar refractivity (Wildman–Crippen MR) is 103 cm³/mol. The van der Waals surface area contributed by atoms with Gasteiger partial charge in [0, 0.05) is 49.4 Å². The minimum Gasteiger partial charge on any atom is -0.406 e. The topological polar surface area (TPSA) is 57.3 Å². The zero-order valence-electron chi connectivity index (χ0n) is 15.6. The number of halogens is 3. The van der Waals surface area contributed by atoms with Crippen molar-refractivity contribution in [1.29, 1.82) is 0 Å². The van der Waals surface area contributed by atoms with Crippen LogP contribution in [-0.4, -0.2) is 58.7 Å². The SMILES string of the molecule is FC(F)(F)Oc1ccc2[nH]nc(-c3ccnc(N4CCN(C5CC5)CC4)c3)c2c1. The minimum atomic E-state index is -4.73. The first-order valence-electron chi connectivity index (χ1n) is 9.65. The van der Waals surface area contributed by atoms with Crippen LogP contribution in [0.4, 0.5) is 19.0 Å². The van der Waals surface area contributed by atoms with E-state index in [9.17, 15) is 13.2 Å². The first kappa shape index (κ1) is 18.2. The van der Waals surface area contributed by atoms with Gasteiger partial charge in [0.05, 0.1) is 5.52 Å². The van der Waals surface area contributed by atoms with Crippen LogP contribution in [0.1, 0.15) is 12.8 Å². The summed E-state index contributed by atoms with van der Waals surface area (Å²) >= 11 is 0. The number of nitrogens with one attached hydrogen (secondary N) is 1. The average molecular weight is 403 g/mol. The molecular formula is C20H20F3N5O. The largest absolute Gasteiger partial charge is 0.573 e. The highest BCUT2D eigenvalue weighted by atomic mass is 19.4. The molecule has 0 amide bonds. The van der Waals surface area contributed by atoms with Crippen molar-refractivity contribution in [1.82, 2.24) is 20.1 Å². The highest BCUT2D eigenvalue weighted by Gasteiger charge is 2.32. The summed E-state index contributed by atoms with van der Waals surface area (Å²) in [6, 6.07) is 8.69. The number of aromatic amines is 1. The lowest BCUT2D eigenvalue weighted by molar-refractivity contribution is -0.274. The number of ether oxygens (including phenoxy) is 1. The zero-order valence-corrected chi connectivity index (χ0v) is 15.6. The smallest absolute Gasteiger partial charge is 0.406 e. The molecule has 9 heteroatoms. The molecular weight excluding hydrogens is 383 g/mol. The minimum absolute atomic E-state index is 0.266. The molecule has 1 saturated carbocycles. The van der Waals surface area contributed by atoms with Gasteiger partial charge in [-0.1, -0.05) is 0 Å². The molecule has 0 spiro atoms. The van der Waals surface area contributed by atoms with Gasteiger partial charge in [0.15, 0.2) is 0 Å². The van der Waals surface area contributed by atoms with Crippen LogP contribution in [0.2, 0.25) is 0 Å². The predicted octanol–water partition coefficient (Wildman–Crippen LogP) is 3.81. The maximum atomic E-state index is 12.6. The quantitative estimate of drug-likeness (QED) is 0.718. The molecule has 0 unspecified atom stereocenters.